The Bertz CT molecular complexity index is 280. The third-order valence-corrected chi connectivity index (χ3v) is 4.03. The van der Waals surface area contributed by atoms with Gasteiger partial charge >= 0.3 is 0 Å². The molecule has 19 heavy (non-hydrogen) atoms. The quantitative estimate of drug-likeness (QED) is 0.689. The highest BCUT2D eigenvalue weighted by Crippen LogP contribution is 2.11. The second-order valence-corrected chi connectivity index (χ2v) is 5.93. The van der Waals surface area contributed by atoms with E-state index in [0.29, 0.717) is 0 Å². The number of hydrogen-bond acceptors (Lipinski definition) is 4. The number of rotatable bonds is 9. The van der Waals surface area contributed by atoms with Crippen molar-refractivity contribution in [1.82, 2.24) is 15.1 Å². The van der Waals surface area contributed by atoms with Crippen molar-refractivity contribution in [3.8, 4) is 6.07 Å². The van der Waals surface area contributed by atoms with Crippen LogP contribution in [0, 0.1) is 11.3 Å². The van der Waals surface area contributed by atoms with Crippen molar-refractivity contribution in [2.24, 2.45) is 0 Å². The molecule has 1 N–H and O–H groups in total. The molecule has 0 aromatic carbocycles. The Kier molecular flexibility index (Phi) is 7.37. The Morgan fingerprint density at radius 1 is 1.32 bits per heavy atom. The van der Waals surface area contributed by atoms with Gasteiger partial charge in [-0.05, 0) is 65.8 Å². The van der Waals surface area contributed by atoms with Crippen LogP contribution >= 0.6 is 0 Å². The van der Waals surface area contributed by atoms with Crippen LogP contribution in [0.2, 0.25) is 0 Å². The molecule has 1 aliphatic heterocycles. The molecule has 0 aliphatic carbocycles. The summed E-state index contributed by atoms with van der Waals surface area (Å²) in [6, 6.07) is 2.39. The highest BCUT2D eigenvalue weighted by molar-refractivity contribution is 5.03. The monoisotopic (exact) mass is 266 g/mol. The SMILES string of the molecule is CCNC(C)(C#N)CCCN(C)CCN1CCCC1. The molecule has 0 aromatic rings. The van der Waals surface area contributed by atoms with E-state index in [9.17, 15) is 5.26 Å². The van der Waals surface area contributed by atoms with Crippen molar-refractivity contribution < 1.29 is 0 Å². The zero-order chi connectivity index (χ0) is 14.1. The van der Waals surface area contributed by atoms with Gasteiger partial charge in [-0.15, -0.1) is 0 Å². The summed E-state index contributed by atoms with van der Waals surface area (Å²) in [4.78, 5) is 4.94. The van der Waals surface area contributed by atoms with Crippen LogP contribution in [0.25, 0.3) is 0 Å². The Hall–Kier alpha value is -0.630. The lowest BCUT2D eigenvalue weighted by Gasteiger charge is -2.25. The van der Waals surface area contributed by atoms with Crippen LogP contribution in [0.15, 0.2) is 0 Å². The molecule has 0 aromatic heterocycles. The fourth-order valence-corrected chi connectivity index (χ4v) is 2.71. The van der Waals surface area contributed by atoms with Gasteiger partial charge in [0.2, 0.25) is 0 Å². The van der Waals surface area contributed by atoms with Gasteiger partial charge in [-0.2, -0.15) is 5.26 Å². The van der Waals surface area contributed by atoms with Crippen molar-refractivity contribution in [2.75, 3.05) is 46.3 Å². The number of likely N-dealkylation sites (tertiary alicyclic amines) is 1. The normalized spacial score (nSPS) is 19.5. The van der Waals surface area contributed by atoms with E-state index < -0.39 is 0 Å². The Labute approximate surface area is 118 Å². The maximum Gasteiger partial charge on any atom is 0.103 e. The second-order valence-electron chi connectivity index (χ2n) is 5.93. The smallest absolute Gasteiger partial charge is 0.103 e. The fraction of sp³-hybridized carbons (Fsp3) is 0.933. The molecule has 110 valence electrons. The first kappa shape index (κ1) is 16.4. The van der Waals surface area contributed by atoms with Crippen LogP contribution in [-0.4, -0.2) is 61.7 Å². The summed E-state index contributed by atoms with van der Waals surface area (Å²) in [7, 11) is 2.19. The van der Waals surface area contributed by atoms with Gasteiger partial charge in [0.15, 0.2) is 0 Å². The molecular formula is C15H30N4. The molecule has 1 aliphatic rings. The lowest BCUT2D eigenvalue weighted by atomic mass is 9.97. The minimum atomic E-state index is -0.357. The van der Waals surface area contributed by atoms with Gasteiger partial charge in [-0.3, -0.25) is 5.32 Å². The van der Waals surface area contributed by atoms with E-state index in [1.807, 2.05) is 6.92 Å². The number of hydrogen-bond donors (Lipinski definition) is 1. The van der Waals surface area contributed by atoms with Gasteiger partial charge in [-0.25, -0.2) is 0 Å². The molecule has 4 nitrogen and oxygen atoms in total. The van der Waals surface area contributed by atoms with Crippen molar-refractivity contribution in [1.29, 1.82) is 5.26 Å². The predicted molar refractivity (Wildman–Crippen MR) is 80.1 cm³/mol. The zero-order valence-corrected chi connectivity index (χ0v) is 12.9. The number of nitrogens with zero attached hydrogens (tertiary/aromatic N) is 3. The molecule has 0 bridgehead atoms. The molecule has 1 saturated heterocycles. The van der Waals surface area contributed by atoms with E-state index in [1.54, 1.807) is 0 Å². The zero-order valence-electron chi connectivity index (χ0n) is 12.9. The van der Waals surface area contributed by atoms with Crippen LogP contribution < -0.4 is 5.32 Å². The molecule has 1 unspecified atom stereocenters. The van der Waals surface area contributed by atoms with Gasteiger partial charge in [0.05, 0.1) is 6.07 Å². The summed E-state index contributed by atoms with van der Waals surface area (Å²) in [5.41, 5.74) is -0.357. The summed E-state index contributed by atoms with van der Waals surface area (Å²) in [6.45, 7) is 10.9. The molecule has 0 radical (unpaired) electrons. The van der Waals surface area contributed by atoms with Crippen molar-refractivity contribution >= 4 is 0 Å². The topological polar surface area (TPSA) is 42.3 Å². The standard InChI is InChI=1S/C15H30N4/c1-4-17-15(2,14-16)8-7-9-18(3)12-13-19-10-5-6-11-19/h17H,4-13H2,1-3H3. The van der Waals surface area contributed by atoms with E-state index in [0.717, 1.165) is 32.5 Å². The molecule has 1 fully saturated rings. The summed E-state index contributed by atoms with van der Waals surface area (Å²) >= 11 is 0. The average molecular weight is 266 g/mol. The summed E-state index contributed by atoms with van der Waals surface area (Å²) in [6.07, 6.45) is 4.73. The molecule has 4 heteroatoms. The Morgan fingerprint density at radius 3 is 2.58 bits per heavy atom. The summed E-state index contributed by atoms with van der Waals surface area (Å²) in [5.74, 6) is 0. The highest BCUT2D eigenvalue weighted by atomic mass is 15.2. The lowest BCUT2D eigenvalue weighted by Crippen LogP contribution is -2.41. The Morgan fingerprint density at radius 2 is 2.00 bits per heavy atom. The van der Waals surface area contributed by atoms with E-state index >= 15 is 0 Å². The molecule has 1 heterocycles. The first-order valence-electron chi connectivity index (χ1n) is 7.67. The first-order chi connectivity index (χ1) is 9.09. The van der Waals surface area contributed by atoms with Crippen molar-refractivity contribution in [2.45, 2.75) is 45.1 Å². The number of nitrogens with one attached hydrogen (secondary N) is 1. The van der Waals surface area contributed by atoms with Crippen LogP contribution in [0.1, 0.15) is 39.5 Å². The molecule has 1 atom stereocenters. The van der Waals surface area contributed by atoms with E-state index in [4.69, 9.17) is 0 Å². The average Bonchev–Trinajstić information content (AvgIpc) is 2.90. The minimum Gasteiger partial charge on any atom is -0.305 e. The maximum absolute atomic E-state index is 9.20. The van der Waals surface area contributed by atoms with E-state index in [-0.39, 0.29) is 5.54 Å². The molecule has 0 saturated carbocycles. The van der Waals surface area contributed by atoms with Crippen LogP contribution in [-0.2, 0) is 0 Å². The third kappa shape index (κ3) is 6.38. The number of nitriles is 1. The van der Waals surface area contributed by atoms with Crippen LogP contribution in [0.5, 0.6) is 0 Å². The maximum atomic E-state index is 9.20. The third-order valence-electron chi connectivity index (χ3n) is 4.03. The molecule has 0 spiro atoms. The van der Waals surface area contributed by atoms with Gasteiger partial charge in [-0.1, -0.05) is 6.92 Å². The van der Waals surface area contributed by atoms with Gasteiger partial charge in [0, 0.05) is 13.1 Å². The Balaban J connectivity index is 2.12. The fourth-order valence-electron chi connectivity index (χ4n) is 2.71. The second kappa shape index (κ2) is 8.52. The summed E-state index contributed by atoms with van der Waals surface area (Å²) in [5, 5.41) is 12.5. The van der Waals surface area contributed by atoms with Gasteiger partial charge in [0.25, 0.3) is 0 Å². The lowest BCUT2D eigenvalue weighted by molar-refractivity contribution is 0.248. The highest BCUT2D eigenvalue weighted by Gasteiger charge is 2.21. The predicted octanol–water partition coefficient (Wildman–Crippen LogP) is 1.69. The number of likely N-dealkylation sites (N-methyl/N-ethyl adjacent to an activating group) is 1. The summed E-state index contributed by atoms with van der Waals surface area (Å²) < 4.78 is 0. The van der Waals surface area contributed by atoms with Crippen LogP contribution in [0.3, 0.4) is 0 Å². The van der Waals surface area contributed by atoms with Gasteiger partial charge in [0.1, 0.15) is 5.54 Å². The first-order valence-corrected chi connectivity index (χ1v) is 7.67. The molecule has 1 rings (SSSR count). The van der Waals surface area contributed by atoms with E-state index in [2.05, 4.69) is 35.2 Å². The largest absolute Gasteiger partial charge is 0.305 e. The minimum absolute atomic E-state index is 0.357. The molecule has 0 amide bonds. The van der Waals surface area contributed by atoms with Crippen molar-refractivity contribution in [3.05, 3.63) is 0 Å². The van der Waals surface area contributed by atoms with Crippen LogP contribution in [0.4, 0.5) is 0 Å². The molecular weight excluding hydrogens is 236 g/mol. The van der Waals surface area contributed by atoms with E-state index in [1.165, 1.54) is 32.5 Å². The van der Waals surface area contributed by atoms with Gasteiger partial charge < -0.3 is 9.80 Å². The van der Waals surface area contributed by atoms with Crippen molar-refractivity contribution in [3.63, 3.8) is 0 Å².